The van der Waals surface area contributed by atoms with Gasteiger partial charge in [-0.15, -0.1) is 0 Å². The molecule has 2 rings (SSSR count). The van der Waals surface area contributed by atoms with Crippen LogP contribution in [0.1, 0.15) is 26.7 Å². The Balaban J connectivity index is 1.86. The van der Waals surface area contributed by atoms with Crippen molar-refractivity contribution in [3.8, 4) is 0 Å². The van der Waals surface area contributed by atoms with Gasteiger partial charge in [-0.1, -0.05) is 0 Å². The summed E-state index contributed by atoms with van der Waals surface area (Å²) in [6, 6.07) is 0.731. The molecule has 0 aromatic heterocycles. The van der Waals surface area contributed by atoms with Crippen molar-refractivity contribution in [3.63, 3.8) is 0 Å². The molecule has 4 heteroatoms. The van der Waals surface area contributed by atoms with Crippen LogP contribution in [-0.2, 0) is 9.53 Å². The molecule has 0 bridgehead atoms. The fraction of sp³-hybridized carbons (Fsp3) is 0.909. The van der Waals surface area contributed by atoms with Crippen molar-refractivity contribution < 1.29 is 9.53 Å². The first kappa shape index (κ1) is 10.9. The first-order valence-corrected chi connectivity index (χ1v) is 5.82. The molecule has 0 spiro atoms. The summed E-state index contributed by atoms with van der Waals surface area (Å²) in [4.78, 5) is 13.9. The number of hydrogen-bond donors (Lipinski definition) is 1. The summed E-state index contributed by atoms with van der Waals surface area (Å²) in [6.45, 7) is 6.61. The molecule has 2 aliphatic rings. The molecule has 4 nitrogen and oxygen atoms in total. The van der Waals surface area contributed by atoms with E-state index in [9.17, 15) is 4.79 Å². The van der Waals surface area contributed by atoms with E-state index in [1.807, 2.05) is 4.90 Å². The number of carbonyl (C=O) groups is 1. The van der Waals surface area contributed by atoms with Crippen LogP contribution in [0.5, 0.6) is 0 Å². The zero-order chi connectivity index (χ0) is 10.8. The summed E-state index contributed by atoms with van der Waals surface area (Å²) < 4.78 is 5.29. The summed E-state index contributed by atoms with van der Waals surface area (Å²) >= 11 is 0. The summed E-state index contributed by atoms with van der Waals surface area (Å²) in [5, 5.41) is 3.40. The van der Waals surface area contributed by atoms with Crippen molar-refractivity contribution in [1.82, 2.24) is 10.2 Å². The van der Waals surface area contributed by atoms with Crippen molar-refractivity contribution in [2.75, 3.05) is 19.8 Å². The van der Waals surface area contributed by atoms with Crippen LogP contribution >= 0.6 is 0 Å². The van der Waals surface area contributed by atoms with Crippen molar-refractivity contribution in [2.45, 2.75) is 44.8 Å². The SMILES string of the molecule is CC(C)N1CCC(NC2CCOC2)C1=O. The van der Waals surface area contributed by atoms with Gasteiger partial charge in [0.2, 0.25) is 5.91 Å². The number of hydrogen-bond acceptors (Lipinski definition) is 3. The summed E-state index contributed by atoms with van der Waals surface area (Å²) in [6.07, 6.45) is 1.97. The highest BCUT2D eigenvalue weighted by Gasteiger charge is 2.34. The van der Waals surface area contributed by atoms with Crippen molar-refractivity contribution in [2.24, 2.45) is 0 Å². The minimum Gasteiger partial charge on any atom is -0.380 e. The van der Waals surface area contributed by atoms with Gasteiger partial charge in [0.15, 0.2) is 0 Å². The van der Waals surface area contributed by atoms with E-state index in [1.165, 1.54) is 0 Å². The highest BCUT2D eigenvalue weighted by atomic mass is 16.5. The van der Waals surface area contributed by atoms with Crippen LogP contribution in [0.2, 0.25) is 0 Å². The molecule has 2 fully saturated rings. The Labute approximate surface area is 91.0 Å². The van der Waals surface area contributed by atoms with E-state index in [-0.39, 0.29) is 11.9 Å². The number of likely N-dealkylation sites (tertiary alicyclic amines) is 1. The van der Waals surface area contributed by atoms with E-state index < -0.39 is 0 Å². The van der Waals surface area contributed by atoms with Crippen LogP contribution in [0.3, 0.4) is 0 Å². The van der Waals surface area contributed by atoms with Crippen molar-refractivity contribution >= 4 is 5.91 Å². The first-order chi connectivity index (χ1) is 7.18. The minimum absolute atomic E-state index is 0.0269. The Bertz CT molecular complexity index is 237. The lowest BCUT2D eigenvalue weighted by atomic mass is 10.2. The second-order valence-corrected chi connectivity index (χ2v) is 4.69. The third-order valence-corrected chi connectivity index (χ3v) is 3.23. The topological polar surface area (TPSA) is 41.6 Å². The predicted molar refractivity (Wildman–Crippen MR) is 57.6 cm³/mol. The van der Waals surface area contributed by atoms with Crippen LogP contribution in [0.15, 0.2) is 0 Å². The fourth-order valence-corrected chi connectivity index (χ4v) is 2.32. The molecule has 2 atom stereocenters. The van der Waals surface area contributed by atoms with Gasteiger partial charge in [-0.25, -0.2) is 0 Å². The second-order valence-electron chi connectivity index (χ2n) is 4.69. The molecule has 15 heavy (non-hydrogen) atoms. The molecule has 86 valence electrons. The summed E-state index contributed by atoms with van der Waals surface area (Å²) in [5.74, 6) is 0.261. The number of carbonyl (C=O) groups excluding carboxylic acids is 1. The van der Waals surface area contributed by atoms with Gasteiger partial charge in [0.1, 0.15) is 0 Å². The van der Waals surface area contributed by atoms with Gasteiger partial charge in [0, 0.05) is 25.2 Å². The van der Waals surface area contributed by atoms with Gasteiger partial charge in [-0.3, -0.25) is 4.79 Å². The zero-order valence-corrected chi connectivity index (χ0v) is 9.53. The van der Waals surface area contributed by atoms with Gasteiger partial charge in [0.05, 0.1) is 12.6 Å². The Morgan fingerprint density at radius 3 is 2.80 bits per heavy atom. The van der Waals surface area contributed by atoms with Crippen molar-refractivity contribution in [1.29, 1.82) is 0 Å². The van der Waals surface area contributed by atoms with Crippen LogP contribution in [-0.4, -0.2) is 48.7 Å². The third-order valence-electron chi connectivity index (χ3n) is 3.23. The standard InChI is InChI=1S/C11H20N2O2/c1-8(2)13-5-3-10(11(13)14)12-9-4-6-15-7-9/h8-10,12H,3-7H2,1-2H3. The lowest BCUT2D eigenvalue weighted by Crippen LogP contribution is -2.45. The molecule has 0 aromatic carbocycles. The van der Waals surface area contributed by atoms with E-state index >= 15 is 0 Å². The Morgan fingerprint density at radius 2 is 2.27 bits per heavy atom. The lowest BCUT2D eigenvalue weighted by molar-refractivity contribution is -0.130. The lowest BCUT2D eigenvalue weighted by Gasteiger charge is -2.22. The van der Waals surface area contributed by atoms with Gasteiger partial charge in [-0.05, 0) is 26.7 Å². The average Bonchev–Trinajstić information content (AvgIpc) is 2.78. The smallest absolute Gasteiger partial charge is 0.240 e. The third kappa shape index (κ3) is 2.32. The quantitative estimate of drug-likeness (QED) is 0.735. The predicted octanol–water partition coefficient (Wildman–Crippen LogP) is 0.374. The average molecular weight is 212 g/mol. The van der Waals surface area contributed by atoms with Gasteiger partial charge in [0.25, 0.3) is 0 Å². The molecule has 2 aliphatic heterocycles. The largest absolute Gasteiger partial charge is 0.380 e. The Morgan fingerprint density at radius 1 is 1.47 bits per heavy atom. The molecular weight excluding hydrogens is 192 g/mol. The van der Waals surface area contributed by atoms with Gasteiger partial charge >= 0.3 is 0 Å². The Hall–Kier alpha value is -0.610. The van der Waals surface area contributed by atoms with E-state index in [0.29, 0.717) is 12.1 Å². The minimum atomic E-state index is 0.0269. The maximum Gasteiger partial charge on any atom is 0.240 e. The van der Waals surface area contributed by atoms with E-state index in [0.717, 1.165) is 32.6 Å². The monoisotopic (exact) mass is 212 g/mol. The van der Waals surface area contributed by atoms with E-state index in [4.69, 9.17) is 4.74 Å². The summed E-state index contributed by atoms with van der Waals surface area (Å²) in [5.41, 5.74) is 0. The van der Waals surface area contributed by atoms with Crippen LogP contribution in [0, 0.1) is 0 Å². The van der Waals surface area contributed by atoms with Gasteiger partial charge < -0.3 is 15.0 Å². The molecule has 0 radical (unpaired) electrons. The Kier molecular flexibility index (Phi) is 3.26. The zero-order valence-electron chi connectivity index (χ0n) is 9.53. The van der Waals surface area contributed by atoms with Gasteiger partial charge in [-0.2, -0.15) is 0 Å². The molecule has 2 saturated heterocycles. The molecule has 1 N–H and O–H groups in total. The normalized spacial score (nSPS) is 31.9. The van der Waals surface area contributed by atoms with Crippen LogP contribution in [0.4, 0.5) is 0 Å². The van der Waals surface area contributed by atoms with Crippen LogP contribution in [0.25, 0.3) is 0 Å². The molecule has 0 aromatic rings. The number of ether oxygens (including phenoxy) is 1. The summed E-state index contributed by atoms with van der Waals surface area (Å²) in [7, 11) is 0. The molecular formula is C11H20N2O2. The number of amides is 1. The molecule has 0 saturated carbocycles. The molecule has 2 heterocycles. The molecule has 2 unspecified atom stereocenters. The highest BCUT2D eigenvalue weighted by molar-refractivity contribution is 5.84. The first-order valence-electron chi connectivity index (χ1n) is 5.82. The maximum absolute atomic E-state index is 12.0. The second kappa shape index (κ2) is 4.49. The van der Waals surface area contributed by atoms with E-state index in [1.54, 1.807) is 0 Å². The van der Waals surface area contributed by atoms with E-state index in [2.05, 4.69) is 19.2 Å². The van der Waals surface area contributed by atoms with Crippen molar-refractivity contribution in [3.05, 3.63) is 0 Å². The fourth-order valence-electron chi connectivity index (χ4n) is 2.32. The molecule has 0 aliphatic carbocycles. The highest BCUT2D eigenvalue weighted by Crippen LogP contribution is 2.16. The van der Waals surface area contributed by atoms with Crippen LogP contribution < -0.4 is 5.32 Å². The number of nitrogens with zero attached hydrogens (tertiary/aromatic N) is 1. The number of nitrogens with one attached hydrogen (secondary N) is 1. The number of rotatable bonds is 3. The molecule has 1 amide bonds. The maximum atomic E-state index is 12.0.